The minimum Gasteiger partial charge on any atom is -0.362 e. The molecule has 1 N–H and O–H groups in total. The van der Waals surface area contributed by atoms with E-state index in [1.165, 1.54) is 16.8 Å². The molecule has 1 aliphatic heterocycles. The maximum Gasteiger partial charge on any atom is 0.239 e. The van der Waals surface area contributed by atoms with E-state index < -0.39 is 0 Å². The number of nitrogens with one attached hydrogen (secondary N) is 1. The van der Waals surface area contributed by atoms with Crippen LogP contribution >= 0.6 is 11.6 Å². The van der Waals surface area contributed by atoms with Gasteiger partial charge in [0.05, 0.1) is 6.54 Å². The molecular weight excluding hydrogens is 308 g/mol. The first kappa shape index (κ1) is 15.9. The molecule has 23 heavy (non-hydrogen) atoms. The van der Waals surface area contributed by atoms with Crippen molar-refractivity contribution >= 4 is 23.2 Å². The Labute approximate surface area is 142 Å². The Morgan fingerprint density at radius 1 is 1.22 bits per heavy atom. The Hall–Kier alpha value is -2.00. The number of anilines is 1. The minimum atomic E-state index is 0.0494. The average molecular weight is 329 g/mol. The van der Waals surface area contributed by atoms with Crippen molar-refractivity contribution < 1.29 is 4.79 Å². The summed E-state index contributed by atoms with van der Waals surface area (Å²) in [6.07, 6.45) is 2.20. The number of rotatable bonds is 4. The predicted molar refractivity (Wildman–Crippen MR) is 95.0 cm³/mol. The summed E-state index contributed by atoms with van der Waals surface area (Å²) in [6, 6.07) is 14.0. The highest BCUT2D eigenvalue weighted by Gasteiger charge is 2.18. The van der Waals surface area contributed by atoms with Crippen molar-refractivity contribution in [3.63, 3.8) is 0 Å². The summed E-state index contributed by atoms with van der Waals surface area (Å²) in [4.78, 5) is 14.4. The van der Waals surface area contributed by atoms with Crippen molar-refractivity contribution in [2.24, 2.45) is 0 Å². The lowest BCUT2D eigenvalue weighted by molar-refractivity contribution is -0.119. The topological polar surface area (TPSA) is 32.3 Å². The number of fused-ring (bicyclic) bond motifs is 1. The first-order chi connectivity index (χ1) is 11.1. The summed E-state index contributed by atoms with van der Waals surface area (Å²) in [7, 11) is 0. The van der Waals surface area contributed by atoms with Gasteiger partial charge in [-0.1, -0.05) is 41.4 Å². The second-order valence-corrected chi connectivity index (χ2v) is 6.50. The molecule has 0 atom stereocenters. The van der Waals surface area contributed by atoms with Gasteiger partial charge in [0.15, 0.2) is 0 Å². The van der Waals surface area contributed by atoms with E-state index in [0.717, 1.165) is 24.9 Å². The maximum atomic E-state index is 12.2. The number of benzene rings is 2. The molecule has 0 saturated heterocycles. The Morgan fingerprint density at radius 3 is 2.78 bits per heavy atom. The van der Waals surface area contributed by atoms with E-state index in [9.17, 15) is 4.79 Å². The van der Waals surface area contributed by atoms with Crippen LogP contribution < -0.4 is 10.2 Å². The van der Waals surface area contributed by atoms with E-state index in [2.05, 4.69) is 35.3 Å². The summed E-state index contributed by atoms with van der Waals surface area (Å²) in [5.74, 6) is 0.0494. The first-order valence-electron chi connectivity index (χ1n) is 7.97. The van der Waals surface area contributed by atoms with Crippen LogP contribution in [0.2, 0.25) is 5.02 Å². The summed E-state index contributed by atoms with van der Waals surface area (Å²) in [5.41, 5.74) is 4.88. The van der Waals surface area contributed by atoms with Crippen LogP contribution in [-0.2, 0) is 17.8 Å². The Kier molecular flexibility index (Phi) is 4.87. The van der Waals surface area contributed by atoms with Crippen molar-refractivity contribution in [2.75, 3.05) is 18.0 Å². The molecule has 0 aliphatic carbocycles. The minimum absolute atomic E-state index is 0.0494. The molecule has 2 aromatic carbocycles. The number of carbonyl (C=O) groups is 1. The third-order valence-corrected chi connectivity index (χ3v) is 4.44. The van der Waals surface area contributed by atoms with Gasteiger partial charge in [-0.05, 0) is 49.1 Å². The lowest BCUT2D eigenvalue weighted by Crippen LogP contribution is -2.39. The number of hydrogen-bond acceptors (Lipinski definition) is 2. The van der Waals surface area contributed by atoms with Crippen molar-refractivity contribution in [1.29, 1.82) is 0 Å². The van der Waals surface area contributed by atoms with Crippen LogP contribution in [0, 0.1) is 6.92 Å². The fourth-order valence-corrected chi connectivity index (χ4v) is 3.13. The smallest absolute Gasteiger partial charge is 0.239 e. The molecule has 120 valence electrons. The lowest BCUT2D eigenvalue weighted by atomic mass is 9.99. The largest absolute Gasteiger partial charge is 0.362 e. The van der Waals surface area contributed by atoms with Gasteiger partial charge in [-0.15, -0.1) is 0 Å². The quantitative estimate of drug-likeness (QED) is 0.927. The van der Waals surface area contributed by atoms with Crippen LogP contribution in [0.5, 0.6) is 0 Å². The maximum absolute atomic E-state index is 12.2. The van der Waals surface area contributed by atoms with E-state index in [4.69, 9.17) is 11.6 Å². The molecule has 0 aromatic heterocycles. The van der Waals surface area contributed by atoms with E-state index in [0.29, 0.717) is 18.1 Å². The monoisotopic (exact) mass is 328 g/mol. The second-order valence-electron chi connectivity index (χ2n) is 6.06. The van der Waals surface area contributed by atoms with Crippen LogP contribution in [0.4, 0.5) is 5.69 Å². The zero-order valence-corrected chi connectivity index (χ0v) is 14.1. The van der Waals surface area contributed by atoms with E-state index >= 15 is 0 Å². The molecule has 0 unspecified atom stereocenters. The molecule has 0 saturated carbocycles. The van der Waals surface area contributed by atoms with Crippen LogP contribution in [-0.4, -0.2) is 19.0 Å². The van der Waals surface area contributed by atoms with Crippen LogP contribution in [0.15, 0.2) is 42.5 Å². The molecule has 1 aliphatic rings. The van der Waals surface area contributed by atoms with Gasteiger partial charge in [0.2, 0.25) is 5.91 Å². The molecular formula is C19H21ClN2O. The Bertz CT molecular complexity index is 697. The fourth-order valence-electron chi connectivity index (χ4n) is 3.00. The van der Waals surface area contributed by atoms with Gasteiger partial charge in [0.25, 0.3) is 0 Å². The van der Waals surface area contributed by atoms with Crippen molar-refractivity contribution in [1.82, 2.24) is 5.32 Å². The van der Waals surface area contributed by atoms with E-state index in [-0.39, 0.29) is 5.91 Å². The van der Waals surface area contributed by atoms with Gasteiger partial charge >= 0.3 is 0 Å². The highest BCUT2D eigenvalue weighted by atomic mass is 35.5. The Balaban J connectivity index is 1.59. The zero-order chi connectivity index (χ0) is 16.2. The molecule has 0 bridgehead atoms. The molecule has 3 rings (SSSR count). The number of nitrogens with zero attached hydrogens (tertiary/aromatic N) is 1. The third-order valence-electron chi connectivity index (χ3n) is 4.19. The Morgan fingerprint density at radius 2 is 2.00 bits per heavy atom. The molecule has 0 fully saturated rings. The molecule has 4 heteroatoms. The van der Waals surface area contributed by atoms with Gasteiger partial charge in [0.1, 0.15) is 0 Å². The van der Waals surface area contributed by atoms with Crippen LogP contribution in [0.25, 0.3) is 0 Å². The summed E-state index contributed by atoms with van der Waals surface area (Å²) in [6.45, 7) is 3.98. The molecule has 0 radical (unpaired) electrons. The highest BCUT2D eigenvalue weighted by molar-refractivity contribution is 6.30. The number of amides is 1. The second kappa shape index (κ2) is 7.05. The first-order valence-corrected chi connectivity index (χ1v) is 8.35. The molecule has 3 nitrogen and oxygen atoms in total. The number of aryl methyl sites for hydroxylation is 2. The summed E-state index contributed by atoms with van der Waals surface area (Å²) in [5, 5.41) is 3.69. The molecule has 1 heterocycles. The van der Waals surface area contributed by atoms with Crippen molar-refractivity contribution in [2.45, 2.75) is 26.3 Å². The van der Waals surface area contributed by atoms with Gasteiger partial charge in [0, 0.05) is 23.8 Å². The van der Waals surface area contributed by atoms with Crippen molar-refractivity contribution in [3.8, 4) is 0 Å². The number of halogens is 1. The predicted octanol–water partition coefficient (Wildman–Crippen LogP) is 3.72. The van der Waals surface area contributed by atoms with Gasteiger partial charge in [-0.2, -0.15) is 0 Å². The summed E-state index contributed by atoms with van der Waals surface area (Å²) < 4.78 is 0. The SMILES string of the molecule is Cc1ccc2c(c1)CCCN2CC(=O)NCc1ccc(Cl)cc1. The normalized spacial score (nSPS) is 13.6. The third kappa shape index (κ3) is 4.05. The van der Waals surface area contributed by atoms with Gasteiger partial charge in [-0.25, -0.2) is 0 Å². The number of hydrogen-bond donors (Lipinski definition) is 1. The van der Waals surface area contributed by atoms with E-state index in [1.54, 1.807) is 0 Å². The standard InChI is InChI=1S/C19H21ClN2O/c1-14-4-9-18-16(11-14)3-2-10-22(18)13-19(23)21-12-15-5-7-17(20)8-6-15/h4-9,11H,2-3,10,12-13H2,1H3,(H,21,23). The fraction of sp³-hybridized carbons (Fsp3) is 0.316. The van der Waals surface area contributed by atoms with Crippen LogP contribution in [0.3, 0.4) is 0 Å². The molecule has 1 amide bonds. The molecule has 0 spiro atoms. The van der Waals surface area contributed by atoms with E-state index in [1.807, 2.05) is 24.3 Å². The summed E-state index contributed by atoms with van der Waals surface area (Å²) >= 11 is 5.87. The lowest BCUT2D eigenvalue weighted by Gasteiger charge is -2.31. The van der Waals surface area contributed by atoms with Crippen molar-refractivity contribution in [3.05, 3.63) is 64.2 Å². The van der Waals surface area contributed by atoms with Crippen LogP contribution in [0.1, 0.15) is 23.1 Å². The number of carbonyl (C=O) groups excluding carboxylic acids is 1. The van der Waals surface area contributed by atoms with Gasteiger partial charge < -0.3 is 10.2 Å². The highest BCUT2D eigenvalue weighted by Crippen LogP contribution is 2.27. The zero-order valence-electron chi connectivity index (χ0n) is 13.3. The average Bonchev–Trinajstić information content (AvgIpc) is 2.54. The molecule has 2 aromatic rings. The van der Waals surface area contributed by atoms with Gasteiger partial charge in [-0.3, -0.25) is 4.79 Å².